The number of hydrogen-bond acceptors (Lipinski definition) is 3. The van der Waals surface area contributed by atoms with Gasteiger partial charge < -0.3 is 5.32 Å². The maximum absolute atomic E-state index is 13.9. The minimum Gasteiger partial charge on any atom is -0.345 e. The van der Waals surface area contributed by atoms with Crippen LogP contribution in [0.2, 0.25) is 0 Å². The first kappa shape index (κ1) is 23.8. The summed E-state index contributed by atoms with van der Waals surface area (Å²) < 4.78 is 29.1. The number of anilines is 1. The standard InChI is InChI=1S/C30H28N2O3S/c33-30(31-29-20-10-14-24-13-7-8-19-28(24)29)25-15-9-18-27(21-25)36(34,35)32(26-16-5-2-6-17-26)22-23-11-3-1-4-12-23/h1-9,11-13,15-19,21,29H,10,14,20,22H2,(H,31,33)/t29-/m0/s1. The van der Waals surface area contributed by atoms with Gasteiger partial charge in [-0.3, -0.25) is 9.10 Å². The average molecular weight is 497 g/mol. The van der Waals surface area contributed by atoms with Crippen molar-refractivity contribution in [3.8, 4) is 0 Å². The quantitative estimate of drug-likeness (QED) is 0.347. The zero-order valence-corrected chi connectivity index (χ0v) is 20.7. The minimum atomic E-state index is -3.94. The molecule has 4 aromatic rings. The number of nitrogens with one attached hydrogen (secondary N) is 1. The average Bonchev–Trinajstić information content (AvgIpc) is 2.93. The Morgan fingerprint density at radius 1 is 0.833 bits per heavy atom. The van der Waals surface area contributed by atoms with E-state index in [1.165, 1.54) is 15.9 Å². The third-order valence-electron chi connectivity index (χ3n) is 6.57. The van der Waals surface area contributed by atoms with Crippen LogP contribution in [0.5, 0.6) is 0 Å². The summed E-state index contributed by atoms with van der Waals surface area (Å²) in [5.41, 5.74) is 4.15. The molecule has 1 amide bonds. The summed E-state index contributed by atoms with van der Waals surface area (Å²) in [6.45, 7) is 0.183. The molecule has 0 saturated carbocycles. The van der Waals surface area contributed by atoms with Gasteiger partial charge in [0.1, 0.15) is 0 Å². The minimum absolute atomic E-state index is 0.0818. The molecule has 0 bridgehead atoms. The van der Waals surface area contributed by atoms with Gasteiger partial charge in [0.25, 0.3) is 15.9 Å². The molecule has 0 spiro atoms. The summed E-state index contributed by atoms with van der Waals surface area (Å²) >= 11 is 0. The number of carbonyl (C=O) groups is 1. The van der Waals surface area contributed by atoms with Crippen LogP contribution in [0.3, 0.4) is 0 Å². The number of rotatable bonds is 7. The molecule has 1 N–H and O–H groups in total. The third kappa shape index (κ3) is 5.04. The molecule has 36 heavy (non-hydrogen) atoms. The Morgan fingerprint density at radius 3 is 2.31 bits per heavy atom. The third-order valence-corrected chi connectivity index (χ3v) is 8.34. The second-order valence-electron chi connectivity index (χ2n) is 8.98. The van der Waals surface area contributed by atoms with E-state index in [1.54, 1.807) is 30.3 Å². The summed E-state index contributed by atoms with van der Waals surface area (Å²) in [4.78, 5) is 13.3. The molecule has 6 heteroatoms. The van der Waals surface area contributed by atoms with Gasteiger partial charge in [-0.1, -0.05) is 78.9 Å². The van der Waals surface area contributed by atoms with Gasteiger partial charge in [-0.25, -0.2) is 8.42 Å². The fourth-order valence-electron chi connectivity index (χ4n) is 4.73. The summed E-state index contributed by atoms with van der Waals surface area (Å²) in [5.74, 6) is -0.275. The number of hydrogen-bond donors (Lipinski definition) is 1. The fraction of sp³-hybridized carbons (Fsp3) is 0.167. The lowest BCUT2D eigenvalue weighted by atomic mass is 9.87. The lowest BCUT2D eigenvalue weighted by molar-refractivity contribution is 0.0932. The van der Waals surface area contributed by atoms with E-state index in [2.05, 4.69) is 17.4 Å². The summed E-state index contributed by atoms with van der Waals surface area (Å²) in [6, 6.07) is 32.9. The highest BCUT2D eigenvalue weighted by Crippen LogP contribution is 2.30. The summed E-state index contributed by atoms with van der Waals surface area (Å²) in [6.07, 6.45) is 2.87. The molecule has 182 valence electrons. The number of fused-ring (bicyclic) bond motifs is 1. The van der Waals surface area contributed by atoms with E-state index in [0.29, 0.717) is 11.3 Å². The number of benzene rings is 4. The van der Waals surface area contributed by atoms with Gasteiger partial charge in [-0.15, -0.1) is 0 Å². The maximum Gasteiger partial charge on any atom is 0.264 e. The van der Waals surface area contributed by atoms with Crippen molar-refractivity contribution >= 4 is 21.6 Å². The molecule has 0 heterocycles. The molecule has 0 saturated heterocycles. The second-order valence-corrected chi connectivity index (χ2v) is 10.8. The predicted octanol–water partition coefficient (Wildman–Crippen LogP) is 5.89. The van der Waals surface area contributed by atoms with E-state index in [-0.39, 0.29) is 23.4 Å². The van der Waals surface area contributed by atoms with Gasteiger partial charge in [0, 0.05) is 5.56 Å². The monoisotopic (exact) mass is 496 g/mol. The van der Waals surface area contributed by atoms with Crippen LogP contribution in [-0.2, 0) is 23.0 Å². The second kappa shape index (κ2) is 10.4. The van der Waals surface area contributed by atoms with E-state index >= 15 is 0 Å². The van der Waals surface area contributed by atoms with Gasteiger partial charge >= 0.3 is 0 Å². The zero-order valence-electron chi connectivity index (χ0n) is 19.9. The van der Waals surface area contributed by atoms with E-state index in [9.17, 15) is 13.2 Å². The molecule has 4 aromatic carbocycles. The molecule has 1 aliphatic rings. The molecular weight excluding hydrogens is 468 g/mol. The molecule has 0 unspecified atom stereocenters. The highest BCUT2D eigenvalue weighted by Gasteiger charge is 2.27. The number of sulfonamides is 1. The number of carbonyl (C=O) groups excluding carboxylic acids is 1. The van der Waals surface area contributed by atoms with Gasteiger partial charge in [0.05, 0.1) is 23.2 Å². The van der Waals surface area contributed by atoms with Gasteiger partial charge in [0.2, 0.25) is 0 Å². The zero-order chi connectivity index (χ0) is 25.0. The summed E-state index contributed by atoms with van der Waals surface area (Å²) in [5, 5.41) is 3.12. The maximum atomic E-state index is 13.9. The smallest absolute Gasteiger partial charge is 0.264 e. The Balaban J connectivity index is 1.44. The van der Waals surface area contributed by atoms with Crippen molar-refractivity contribution in [2.75, 3.05) is 4.31 Å². The van der Waals surface area contributed by atoms with Crippen LogP contribution in [-0.4, -0.2) is 14.3 Å². The molecule has 1 atom stereocenters. The van der Waals surface area contributed by atoms with Crippen LogP contribution in [0.25, 0.3) is 0 Å². The van der Waals surface area contributed by atoms with Crippen LogP contribution in [0.4, 0.5) is 5.69 Å². The lowest BCUT2D eigenvalue weighted by Gasteiger charge is -2.27. The topological polar surface area (TPSA) is 66.5 Å². The first-order valence-electron chi connectivity index (χ1n) is 12.1. The highest BCUT2D eigenvalue weighted by atomic mass is 32.2. The van der Waals surface area contributed by atoms with E-state index in [0.717, 1.165) is 30.4 Å². The first-order valence-corrected chi connectivity index (χ1v) is 13.6. The fourth-order valence-corrected chi connectivity index (χ4v) is 6.23. The predicted molar refractivity (Wildman–Crippen MR) is 142 cm³/mol. The van der Waals surface area contributed by atoms with E-state index in [4.69, 9.17) is 0 Å². The van der Waals surface area contributed by atoms with E-state index in [1.807, 2.05) is 60.7 Å². The van der Waals surface area contributed by atoms with Crippen LogP contribution >= 0.6 is 0 Å². The Labute approximate surface area is 212 Å². The first-order chi connectivity index (χ1) is 17.5. The molecule has 5 nitrogen and oxygen atoms in total. The van der Waals surface area contributed by atoms with Crippen molar-refractivity contribution in [1.82, 2.24) is 5.32 Å². The summed E-state index contributed by atoms with van der Waals surface area (Å²) in [7, 11) is -3.94. The molecule has 0 fully saturated rings. The van der Waals surface area contributed by atoms with Gasteiger partial charge in [-0.2, -0.15) is 0 Å². The number of nitrogens with zero attached hydrogens (tertiary/aromatic N) is 1. The van der Waals surface area contributed by atoms with Crippen LogP contribution in [0.15, 0.2) is 114 Å². The van der Waals surface area contributed by atoms with Gasteiger partial charge in [0.15, 0.2) is 0 Å². The van der Waals surface area contributed by atoms with Gasteiger partial charge in [-0.05, 0) is 66.3 Å². The van der Waals surface area contributed by atoms with Crippen molar-refractivity contribution in [2.45, 2.75) is 36.7 Å². The molecule has 5 rings (SSSR count). The Kier molecular flexibility index (Phi) is 6.87. The SMILES string of the molecule is O=C(N[C@H]1CCCc2ccccc21)c1cccc(S(=O)(=O)N(Cc2ccccc2)c2ccccc2)c1. The number of amides is 1. The van der Waals surface area contributed by atoms with Crippen molar-refractivity contribution in [3.63, 3.8) is 0 Å². The number of para-hydroxylation sites is 1. The van der Waals surface area contributed by atoms with Crippen molar-refractivity contribution in [2.24, 2.45) is 0 Å². The molecular formula is C30H28N2O3S. The Morgan fingerprint density at radius 2 is 1.53 bits per heavy atom. The number of aryl methyl sites for hydroxylation is 1. The van der Waals surface area contributed by atoms with Crippen molar-refractivity contribution in [1.29, 1.82) is 0 Å². The Hall–Kier alpha value is -3.90. The molecule has 1 aliphatic carbocycles. The van der Waals surface area contributed by atoms with Crippen LogP contribution in [0.1, 0.15) is 45.9 Å². The van der Waals surface area contributed by atoms with Crippen LogP contribution < -0.4 is 9.62 Å². The molecule has 0 aliphatic heterocycles. The van der Waals surface area contributed by atoms with E-state index < -0.39 is 10.0 Å². The molecule has 0 radical (unpaired) electrons. The van der Waals surface area contributed by atoms with Crippen molar-refractivity contribution in [3.05, 3.63) is 131 Å². The molecule has 0 aromatic heterocycles. The lowest BCUT2D eigenvalue weighted by Crippen LogP contribution is -2.32. The largest absolute Gasteiger partial charge is 0.345 e. The van der Waals surface area contributed by atoms with Crippen molar-refractivity contribution < 1.29 is 13.2 Å². The normalized spacial score (nSPS) is 15.1. The Bertz CT molecular complexity index is 1450. The van der Waals surface area contributed by atoms with Crippen LogP contribution in [0, 0.1) is 0 Å². The highest BCUT2D eigenvalue weighted by molar-refractivity contribution is 7.92.